The number of aryl methyl sites for hydroxylation is 1. The summed E-state index contributed by atoms with van der Waals surface area (Å²) in [6.07, 6.45) is 3.17. The van der Waals surface area contributed by atoms with Crippen LogP contribution in [0.2, 0.25) is 0 Å². The SMILES string of the molecule is CNCC1(C(=O)c2c(C)[nH]c3ccccc23)CCC1. The third-order valence-electron chi connectivity index (χ3n) is 4.43. The summed E-state index contributed by atoms with van der Waals surface area (Å²) in [5.74, 6) is 0.308. The molecule has 0 radical (unpaired) electrons. The lowest BCUT2D eigenvalue weighted by Crippen LogP contribution is -2.45. The van der Waals surface area contributed by atoms with Gasteiger partial charge in [0.1, 0.15) is 0 Å². The van der Waals surface area contributed by atoms with Crippen LogP contribution in [0.25, 0.3) is 10.9 Å². The average Bonchev–Trinajstić information content (AvgIpc) is 2.68. The predicted octanol–water partition coefficient (Wildman–Crippen LogP) is 3.05. The van der Waals surface area contributed by atoms with Gasteiger partial charge in [-0.1, -0.05) is 24.6 Å². The number of rotatable bonds is 4. The molecule has 1 aliphatic rings. The fourth-order valence-electron chi connectivity index (χ4n) is 3.26. The first-order chi connectivity index (χ1) is 9.18. The van der Waals surface area contributed by atoms with Gasteiger partial charge in [0.15, 0.2) is 5.78 Å². The minimum absolute atomic E-state index is 0.176. The zero-order valence-electron chi connectivity index (χ0n) is 11.5. The van der Waals surface area contributed by atoms with Crippen LogP contribution >= 0.6 is 0 Å². The molecular formula is C16H20N2O. The Morgan fingerprint density at radius 1 is 1.37 bits per heavy atom. The summed E-state index contributed by atoms with van der Waals surface area (Å²) < 4.78 is 0. The third kappa shape index (κ3) is 1.80. The van der Waals surface area contributed by atoms with Crippen LogP contribution in [0, 0.1) is 12.3 Å². The second-order valence-electron chi connectivity index (χ2n) is 5.66. The van der Waals surface area contributed by atoms with Crippen LogP contribution < -0.4 is 5.32 Å². The Kier molecular flexibility index (Phi) is 2.94. The number of hydrogen-bond acceptors (Lipinski definition) is 2. The first kappa shape index (κ1) is 12.4. The molecule has 0 spiro atoms. The van der Waals surface area contributed by atoms with E-state index in [1.807, 2.05) is 38.2 Å². The van der Waals surface area contributed by atoms with Gasteiger partial charge < -0.3 is 10.3 Å². The monoisotopic (exact) mass is 256 g/mol. The number of aromatic amines is 1. The Balaban J connectivity index is 2.08. The number of Topliss-reactive ketones (excluding diaryl/α,β-unsaturated/α-hetero) is 1. The highest BCUT2D eigenvalue weighted by Gasteiger charge is 2.44. The van der Waals surface area contributed by atoms with Gasteiger partial charge in [0.25, 0.3) is 0 Å². The number of carbonyl (C=O) groups is 1. The highest BCUT2D eigenvalue weighted by atomic mass is 16.1. The van der Waals surface area contributed by atoms with Crippen molar-refractivity contribution in [3.8, 4) is 0 Å². The van der Waals surface area contributed by atoms with Crippen molar-refractivity contribution < 1.29 is 4.79 Å². The van der Waals surface area contributed by atoms with Crippen molar-refractivity contribution in [3.63, 3.8) is 0 Å². The van der Waals surface area contributed by atoms with E-state index in [2.05, 4.69) is 10.3 Å². The van der Waals surface area contributed by atoms with E-state index in [-0.39, 0.29) is 5.41 Å². The number of fused-ring (bicyclic) bond motifs is 1. The van der Waals surface area contributed by atoms with Crippen LogP contribution in [0.5, 0.6) is 0 Å². The Hall–Kier alpha value is -1.61. The van der Waals surface area contributed by atoms with E-state index in [0.717, 1.165) is 48.0 Å². The van der Waals surface area contributed by atoms with Crippen LogP contribution in [0.4, 0.5) is 0 Å². The van der Waals surface area contributed by atoms with Gasteiger partial charge >= 0.3 is 0 Å². The first-order valence-electron chi connectivity index (χ1n) is 6.95. The molecule has 3 nitrogen and oxygen atoms in total. The molecule has 1 aliphatic carbocycles. The fourth-order valence-corrected chi connectivity index (χ4v) is 3.26. The summed E-state index contributed by atoms with van der Waals surface area (Å²) in [7, 11) is 1.93. The van der Waals surface area contributed by atoms with Crippen LogP contribution in [-0.2, 0) is 0 Å². The maximum Gasteiger partial charge on any atom is 0.172 e. The Morgan fingerprint density at radius 2 is 2.11 bits per heavy atom. The topological polar surface area (TPSA) is 44.9 Å². The number of hydrogen-bond donors (Lipinski definition) is 2. The van der Waals surface area contributed by atoms with Gasteiger partial charge in [0.05, 0.1) is 0 Å². The number of H-pyrrole nitrogens is 1. The van der Waals surface area contributed by atoms with Crippen LogP contribution in [-0.4, -0.2) is 24.4 Å². The summed E-state index contributed by atoms with van der Waals surface area (Å²) in [6, 6.07) is 8.07. The second kappa shape index (κ2) is 4.49. The maximum absolute atomic E-state index is 13.0. The molecular weight excluding hydrogens is 236 g/mol. The molecule has 0 unspecified atom stereocenters. The minimum atomic E-state index is -0.176. The number of nitrogens with one attached hydrogen (secondary N) is 2. The van der Waals surface area contributed by atoms with Crippen LogP contribution in [0.1, 0.15) is 35.3 Å². The van der Waals surface area contributed by atoms with Crippen LogP contribution in [0.15, 0.2) is 24.3 Å². The molecule has 2 N–H and O–H groups in total. The van der Waals surface area contributed by atoms with Crippen LogP contribution in [0.3, 0.4) is 0 Å². The molecule has 2 aromatic rings. The smallest absolute Gasteiger partial charge is 0.172 e. The van der Waals surface area contributed by atoms with Crippen molar-refractivity contribution >= 4 is 16.7 Å². The van der Waals surface area contributed by atoms with Gasteiger partial charge in [-0.15, -0.1) is 0 Å². The van der Waals surface area contributed by atoms with Crippen molar-refractivity contribution in [1.29, 1.82) is 0 Å². The molecule has 0 bridgehead atoms. The Morgan fingerprint density at radius 3 is 2.74 bits per heavy atom. The van der Waals surface area contributed by atoms with E-state index in [4.69, 9.17) is 0 Å². The molecule has 0 amide bonds. The Labute approximate surface area is 113 Å². The van der Waals surface area contributed by atoms with E-state index in [1.165, 1.54) is 0 Å². The van der Waals surface area contributed by atoms with E-state index >= 15 is 0 Å². The standard InChI is InChI=1S/C16H20N2O/c1-11-14(12-6-3-4-7-13(12)18-11)15(19)16(10-17-2)8-5-9-16/h3-4,6-7,17-18H,5,8-10H2,1-2H3. The quantitative estimate of drug-likeness (QED) is 0.826. The molecule has 0 aliphatic heterocycles. The third-order valence-corrected chi connectivity index (χ3v) is 4.43. The van der Waals surface area contributed by atoms with E-state index in [0.29, 0.717) is 5.78 Å². The molecule has 1 aromatic carbocycles. The molecule has 1 aromatic heterocycles. The van der Waals surface area contributed by atoms with E-state index in [9.17, 15) is 4.79 Å². The Bertz CT molecular complexity index is 623. The van der Waals surface area contributed by atoms with Gasteiger partial charge in [-0.05, 0) is 32.9 Å². The number of aromatic nitrogens is 1. The van der Waals surface area contributed by atoms with Gasteiger partial charge in [0, 0.05) is 34.1 Å². The maximum atomic E-state index is 13.0. The lowest BCUT2D eigenvalue weighted by Gasteiger charge is -2.40. The molecule has 100 valence electrons. The predicted molar refractivity (Wildman–Crippen MR) is 77.6 cm³/mol. The number of benzene rings is 1. The lowest BCUT2D eigenvalue weighted by molar-refractivity contribution is 0.0616. The highest BCUT2D eigenvalue weighted by Crippen LogP contribution is 2.44. The normalized spacial score (nSPS) is 17.4. The summed E-state index contributed by atoms with van der Waals surface area (Å²) >= 11 is 0. The first-order valence-corrected chi connectivity index (χ1v) is 6.95. The molecule has 0 saturated heterocycles. The van der Waals surface area contributed by atoms with Gasteiger partial charge in [-0.3, -0.25) is 4.79 Å². The van der Waals surface area contributed by atoms with E-state index in [1.54, 1.807) is 0 Å². The molecule has 1 saturated carbocycles. The molecule has 19 heavy (non-hydrogen) atoms. The zero-order valence-corrected chi connectivity index (χ0v) is 11.5. The molecule has 3 rings (SSSR count). The van der Waals surface area contributed by atoms with E-state index < -0.39 is 0 Å². The van der Waals surface area contributed by atoms with Crippen molar-refractivity contribution in [2.24, 2.45) is 5.41 Å². The second-order valence-corrected chi connectivity index (χ2v) is 5.66. The fraction of sp³-hybridized carbons (Fsp3) is 0.438. The molecule has 3 heteroatoms. The van der Waals surface area contributed by atoms with Crippen molar-refractivity contribution in [2.45, 2.75) is 26.2 Å². The number of para-hydroxylation sites is 1. The zero-order chi connectivity index (χ0) is 13.5. The molecule has 0 atom stereocenters. The minimum Gasteiger partial charge on any atom is -0.358 e. The number of ketones is 1. The molecule has 1 heterocycles. The summed E-state index contributed by atoms with van der Waals surface area (Å²) in [6.45, 7) is 2.78. The van der Waals surface area contributed by atoms with Crippen molar-refractivity contribution in [2.75, 3.05) is 13.6 Å². The summed E-state index contributed by atoms with van der Waals surface area (Å²) in [4.78, 5) is 16.3. The molecule has 1 fully saturated rings. The highest BCUT2D eigenvalue weighted by molar-refractivity contribution is 6.12. The largest absolute Gasteiger partial charge is 0.358 e. The summed E-state index contributed by atoms with van der Waals surface area (Å²) in [5, 5.41) is 4.25. The summed E-state index contributed by atoms with van der Waals surface area (Å²) in [5.41, 5.74) is 2.77. The van der Waals surface area contributed by atoms with Crippen molar-refractivity contribution in [1.82, 2.24) is 10.3 Å². The average molecular weight is 256 g/mol. The number of carbonyl (C=O) groups excluding carboxylic acids is 1. The van der Waals surface area contributed by atoms with Gasteiger partial charge in [0.2, 0.25) is 0 Å². The van der Waals surface area contributed by atoms with Crippen molar-refractivity contribution in [3.05, 3.63) is 35.5 Å². The van der Waals surface area contributed by atoms with Gasteiger partial charge in [-0.2, -0.15) is 0 Å². The lowest BCUT2D eigenvalue weighted by atomic mass is 9.64. The van der Waals surface area contributed by atoms with Gasteiger partial charge in [-0.25, -0.2) is 0 Å².